The Hall–Kier alpha value is -0.900. The van der Waals surface area contributed by atoms with Crippen LogP contribution in [-0.4, -0.2) is 43.8 Å². The molecule has 1 aromatic carbocycles. The minimum Gasteiger partial charge on any atom is -0.377 e. The van der Waals surface area contributed by atoms with Crippen molar-refractivity contribution in [2.24, 2.45) is 0 Å². The summed E-state index contributed by atoms with van der Waals surface area (Å²) in [5.41, 5.74) is 2.79. The van der Waals surface area contributed by atoms with Gasteiger partial charge in [-0.1, -0.05) is 38.1 Å². The second-order valence-electron chi connectivity index (χ2n) is 5.95. The second-order valence-corrected chi connectivity index (χ2v) is 5.95. The Bertz CT molecular complexity index is 415. The van der Waals surface area contributed by atoms with Crippen molar-refractivity contribution >= 4 is 0 Å². The average molecular weight is 290 g/mol. The van der Waals surface area contributed by atoms with Crippen LogP contribution >= 0.6 is 0 Å². The van der Waals surface area contributed by atoms with Crippen molar-refractivity contribution in [2.45, 2.75) is 45.8 Å². The highest BCUT2D eigenvalue weighted by atomic mass is 16.5. The topological polar surface area (TPSA) is 24.5 Å². The molecule has 1 aliphatic heterocycles. The van der Waals surface area contributed by atoms with Crippen molar-refractivity contribution in [2.75, 3.05) is 32.8 Å². The summed E-state index contributed by atoms with van der Waals surface area (Å²) in [7, 11) is 0. The molecule has 0 aliphatic carbocycles. The first kappa shape index (κ1) is 16.5. The lowest BCUT2D eigenvalue weighted by atomic mass is 10.0. The lowest BCUT2D eigenvalue weighted by molar-refractivity contribution is 0.0715. The first-order chi connectivity index (χ1) is 10.2. The largest absolute Gasteiger partial charge is 0.377 e. The molecule has 2 atom stereocenters. The Balaban J connectivity index is 2.01. The van der Waals surface area contributed by atoms with Crippen molar-refractivity contribution in [1.29, 1.82) is 0 Å². The molecule has 0 amide bonds. The van der Waals surface area contributed by atoms with Crippen molar-refractivity contribution in [3.63, 3.8) is 0 Å². The quantitative estimate of drug-likeness (QED) is 0.796. The van der Waals surface area contributed by atoms with Crippen LogP contribution in [0.25, 0.3) is 0 Å². The molecule has 0 saturated carbocycles. The highest BCUT2D eigenvalue weighted by Crippen LogP contribution is 2.20. The van der Waals surface area contributed by atoms with Crippen LogP contribution in [0.4, 0.5) is 0 Å². The fraction of sp³-hybridized carbons (Fsp3) is 0.667. The summed E-state index contributed by atoms with van der Waals surface area (Å²) in [5.74, 6) is 0. The zero-order valence-corrected chi connectivity index (χ0v) is 13.8. The summed E-state index contributed by atoms with van der Waals surface area (Å²) in [6.07, 6.45) is 2.87. The van der Waals surface area contributed by atoms with Crippen LogP contribution in [0.2, 0.25) is 0 Å². The van der Waals surface area contributed by atoms with Crippen LogP contribution in [0.15, 0.2) is 24.3 Å². The van der Waals surface area contributed by atoms with E-state index < -0.39 is 0 Å². The second kappa shape index (κ2) is 8.52. The lowest BCUT2D eigenvalue weighted by Crippen LogP contribution is -2.39. The predicted octanol–water partition coefficient (Wildman–Crippen LogP) is 3.15. The maximum Gasteiger partial charge on any atom is 0.0702 e. The van der Waals surface area contributed by atoms with Gasteiger partial charge in [-0.05, 0) is 44.0 Å². The smallest absolute Gasteiger partial charge is 0.0702 e. The summed E-state index contributed by atoms with van der Waals surface area (Å²) in [5, 5.41) is 3.65. The van der Waals surface area contributed by atoms with E-state index in [4.69, 9.17) is 4.74 Å². The molecule has 3 heteroatoms. The van der Waals surface area contributed by atoms with E-state index in [-0.39, 0.29) is 0 Å². The van der Waals surface area contributed by atoms with Crippen LogP contribution in [0.5, 0.6) is 0 Å². The third-order valence-electron chi connectivity index (χ3n) is 4.39. The van der Waals surface area contributed by atoms with Gasteiger partial charge in [-0.25, -0.2) is 0 Å². The molecule has 1 saturated heterocycles. The summed E-state index contributed by atoms with van der Waals surface area (Å²) >= 11 is 0. The van der Waals surface area contributed by atoms with Crippen molar-refractivity contribution < 1.29 is 4.74 Å². The minimum absolute atomic E-state index is 0.401. The molecule has 1 N–H and O–H groups in total. The molecule has 2 unspecified atom stereocenters. The summed E-state index contributed by atoms with van der Waals surface area (Å²) in [4.78, 5) is 2.52. The molecule has 1 aromatic rings. The average Bonchev–Trinajstić information content (AvgIpc) is 2.99. The van der Waals surface area contributed by atoms with E-state index in [1.165, 1.54) is 24.0 Å². The van der Waals surface area contributed by atoms with E-state index in [0.29, 0.717) is 12.1 Å². The fourth-order valence-corrected chi connectivity index (χ4v) is 3.16. The molecule has 1 aliphatic rings. The number of likely N-dealkylation sites (N-methyl/N-ethyl adjacent to an activating group) is 2. The van der Waals surface area contributed by atoms with Gasteiger partial charge in [0.25, 0.3) is 0 Å². The number of hydrogen-bond acceptors (Lipinski definition) is 3. The first-order valence-electron chi connectivity index (χ1n) is 8.37. The van der Waals surface area contributed by atoms with Crippen LogP contribution in [0.1, 0.15) is 43.9 Å². The zero-order valence-electron chi connectivity index (χ0n) is 13.8. The molecular formula is C18H30N2O. The Labute approximate surface area is 129 Å². The van der Waals surface area contributed by atoms with Gasteiger partial charge in [-0.15, -0.1) is 0 Å². The number of rotatable bonds is 8. The SMILES string of the molecule is CCNC(CN(CC)CC1CCCO1)c1ccccc1C. The molecule has 0 bridgehead atoms. The van der Waals surface area contributed by atoms with Crippen molar-refractivity contribution in [3.05, 3.63) is 35.4 Å². The van der Waals surface area contributed by atoms with Gasteiger partial charge >= 0.3 is 0 Å². The number of aryl methyl sites for hydroxylation is 1. The molecule has 1 fully saturated rings. The van der Waals surface area contributed by atoms with Gasteiger partial charge in [0.15, 0.2) is 0 Å². The van der Waals surface area contributed by atoms with Crippen LogP contribution < -0.4 is 5.32 Å². The third-order valence-corrected chi connectivity index (χ3v) is 4.39. The third kappa shape index (κ3) is 4.80. The molecule has 2 rings (SSSR count). The molecule has 21 heavy (non-hydrogen) atoms. The van der Waals surface area contributed by atoms with Gasteiger partial charge in [-0.2, -0.15) is 0 Å². The lowest BCUT2D eigenvalue weighted by Gasteiger charge is -2.29. The van der Waals surface area contributed by atoms with Gasteiger partial charge in [0.2, 0.25) is 0 Å². The van der Waals surface area contributed by atoms with E-state index in [0.717, 1.165) is 32.8 Å². The van der Waals surface area contributed by atoms with Gasteiger partial charge in [0.05, 0.1) is 6.10 Å². The van der Waals surface area contributed by atoms with E-state index >= 15 is 0 Å². The van der Waals surface area contributed by atoms with Crippen molar-refractivity contribution in [1.82, 2.24) is 10.2 Å². The molecular weight excluding hydrogens is 260 g/mol. The fourth-order valence-electron chi connectivity index (χ4n) is 3.16. The number of nitrogens with zero attached hydrogens (tertiary/aromatic N) is 1. The Morgan fingerprint density at radius 2 is 2.14 bits per heavy atom. The molecule has 3 nitrogen and oxygen atoms in total. The molecule has 0 spiro atoms. The van der Waals surface area contributed by atoms with E-state index in [9.17, 15) is 0 Å². The predicted molar refractivity (Wildman–Crippen MR) is 88.7 cm³/mol. The van der Waals surface area contributed by atoms with Crippen LogP contribution in [-0.2, 0) is 4.74 Å². The van der Waals surface area contributed by atoms with Crippen LogP contribution in [0, 0.1) is 6.92 Å². The Morgan fingerprint density at radius 1 is 1.33 bits per heavy atom. The standard InChI is InChI=1S/C18H30N2O/c1-4-19-18(17-11-7-6-9-15(17)3)14-20(5-2)13-16-10-8-12-21-16/h6-7,9,11,16,18-19H,4-5,8,10,12-14H2,1-3H3. The van der Waals surface area contributed by atoms with Crippen molar-refractivity contribution in [3.8, 4) is 0 Å². The Kier molecular flexibility index (Phi) is 6.68. The van der Waals surface area contributed by atoms with E-state index in [1.54, 1.807) is 0 Å². The molecule has 118 valence electrons. The van der Waals surface area contributed by atoms with E-state index in [2.05, 4.69) is 55.3 Å². The molecule has 0 aromatic heterocycles. The van der Waals surface area contributed by atoms with Gasteiger partial charge in [0, 0.05) is 25.7 Å². The minimum atomic E-state index is 0.401. The molecule has 1 heterocycles. The summed E-state index contributed by atoms with van der Waals surface area (Å²) < 4.78 is 5.79. The first-order valence-corrected chi connectivity index (χ1v) is 8.37. The van der Waals surface area contributed by atoms with Crippen LogP contribution in [0.3, 0.4) is 0 Å². The number of ether oxygens (including phenoxy) is 1. The summed E-state index contributed by atoms with van der Waals surface area (Å²) in [6, 6.07) is 9.12. The van der Waals surface area contributed by atoms with E-state index in [1.807, 2.05) is 0 Å². The van der Waals surface area contributed by atoms with Gasteiger partial charge < -0.3 is 10.1 Å². The number of nitrogens with one attached hydrogen (secondary N) is 1. The monoisotopic (exact) mass is 290 g/mol. The Morgan fingerprint density at radius 3 is 2.76 bits per heavy atom. The number of benzene rings is 1. The number of hydrogen-bond donors (Lipinski definition) is 1. The maximum atomic E-state index is 5.79. The summed E-state index contributed by atoms with van der Waals surface area (Å²) in [6.45, 7) is 11.8. The highest BCUT2D eigenvalue weighted by molar-refractivity contribution is 5.29. The highest BCUT2D eigenvalue weighted by Gasteiger charge is 2.21. The molecule has 0 radical (unpaired) electrons. The van der Waals surface area contributed by atoms with Gasteiger partial charge in [0.1, 0.15) is 0 Å². The maximum absolute atomic E-state index is 5.79. The normalized spacial score (nSPS) is 20.1. The zero-order chi connectivity index (χ0) is 15.1. The van der Waals surface area contributed by atoms with Gasteiger partial charge in [-0.3, -0.25) is 4.90 Å².